The fraction of sp³-hybridized carbons (Fsp3) is 0.842. The van der Waals surface area contributed by atoms with Crippen molar-refractivity contribution < 1.29 is 29.6 Å². The van der Waals surface area contributed by atoms with Crippen molar-refractivity contribution in [2.24, 2.45) is 23.2 Å². The van der Waals surface area contributed by atoms with Gasteiger partial charge in [-0.2, -0.15) is 0 Å². The van der Waals surface area contributed by atoms with E-state index in [-0.39, 0.29) is 35.7 Å². The summed E-state index contributed by atoms with van der Waals surface area (Å²) in [6, 6.07) is 0. The molecule has 3 aliphatic rings. The van der Waals surface area contributed by atoms with Crippen molar-refractivity contribution in [2.45, 2.75) is 70.6 Å². The van der Waals surface area contributed by atoms with E-state index in [1.165, 1.54) is 0 Å². The molecule has 2 aliphatic carbocycles. The van der Waals surface area contributed by atoms with Gasteiger partial charge in [0.15, 0.2) is 5.60 Å². The Labute approximate surface area is 148 Å². The first-order chi connectivity index (χ1) is 11.5. The second kappa shape index (κ2) is 5.52. The van der Waals surface area contributed by atoms with Crippen molar-refractivity contribution in [1.82, 2.24) is 0 Å². The summed E-state index contributed by atoms with van der Waals surface area (Å²) in [7, 11) is 0. The second-order valence-electron chi connectivity index (χ2n) is 8.96. The van der Waals surface area contributed by atoms with Gasteiger partial charge in [0.05, 0.1) is 18.6 Å². The third-order valence-electron chi connectivity index (χ3n) is 6.60. The molecule has 0 aromatic heterocycles. The predicted octanol–water partition coefficient (Wildman–Crippen LogP) is 1.03. The van der Waals surface area contributed by atoms with Crippen molar-refractivity contribution in [2.75, 3.05) is 6.61 Å². The number of epoxide rings is 1. The maximum atomic E-state index is 12.3. The van der Waals surface area contributed by atoms with Gasteiger partial charge in [-0.25, -0.2) is 0 Å². The van der Waals surface area contributed by atoms with Gasteiger partial charge in [0.1, 0.15) is 17.8 Å². The monoisotopic (exact) mass is 354 g/mol. The minimum Gasteiger partial charge on any atom is -0.458 e. The van der Waals surface area contributed by atoms with E-state index in [2.05, 4.69) is 6.58 Å². The summed E-state index contributed by atoms with van der Waals surface area (Å²) in [5.74, 6) is -0.925. The predicted molar refractivity (Wildman–Crippen MR) is 90.6 cm³/mol. The van der Waals surface area contributed by atoms with Gasteiger partial charge in [0.2, 0.25) is 0 Å². The normalized spacial score (nSPS) is 47.2. The second-order valence-corrected chi connectivity index (χ2v) is 8.96. The van der Waals surface area contributed by atoms with Gasteiger partial charge in [-0.3, -0.25) is 4.79 Å². The molecular weight excluding hydrogens is 324 g/mol. The van der Waals surface area contributed by atoms with Gasteiger partial charge in [0, 0.05) is 11.3 Å². The maximum absolute atomic E-state index is 12.3. The number of hydrogen-bond donors (Lipinski definition) is 3. The fourth-order valence-corrected chi connectivity index (χ4v) is 5.25. The highest BCUT2D eigenvalue weighted by atomic mass is 16.7. The minimum atomic E-state index is -1.27. The highest BCUT2D eigenvalue weighted by Gasteiger charge is 2.89. The van der Waals surface area contributed by atoms with E-state index in [1.807, 2.05) is 20.8 Å². The molecule has 0 bridgehead atoms. The number of rotatable bonds is 4. The summed E-state index contributed by atoms with van der Waals surface area (Å²) < 4.78 is 12.0. The standard InChI is InChI=1S/C19H30O6/c1-9(2)15(23)24-16-17(5,6)7-12-11(4)13(21)14(22)18(10(3)8-20)19(12,16)25-18/h9,11-14,16,20-22H,3,7-8H2,1-2,4-6H3/t11-,12+,13-,14-,16-,18+,19+/m0/s1. The molecule has 2 saturated carbocycles. The number of carbonyl (C=O) groups excluding carboxylic acids is 1. The number of carbonyl (C=O) groups is 1. The SMILES string of the molecule is C=C(CO)[C@]12O[C@@]13[C@H](CC(C)(C)[C@@H]3OC(=O)C(C)C)[C@H](C)[C@H](O)[C@@H]2O. The average Bonchev–Trinajstić information content (AvgIpc) is 3.19. The van der Waals surface area contributed by atoms with Crippen molar-refractivity contribution in [1.29, 1.82) is 0 Å². The van der Waals surface area contributed by atoms with Crippen molar-refractivity contribution in [3.8, 4) is 0 Å². The minimum absolute atomic E-state index is 0.103. The molecule has 3 fully saturated rings. The molecule has 7 atom stereocenters. The van der Waals surface area contributed by atoms with Crippen LogP contribution in [0.1, 0.15) is 41.0 Å². The molecule has 1 spiro atoms. The first kappa shape index (κ1) is 18.8. The first-order valence-electron chi connectivity index (χ1n) is 9.03. The zero-order valence-electron chi connectivity index (χ0n) is 15.7. The molecular formula is C19H30O6. The highest BCUT2D eigenvalue weighted by Crippen LogP contribution is 2.73. The number of esters is 1. The van der Waals surface area contributed by atoms with Gasteiger partial charge < -0.3 is 24.8 Å². The van der Waals surface area contributed by atoms with E-state index in [1.54, 1.807) is 13.8 Å². The van der Waals surface area contributed by atoms with Crippen LogP contribution in [0.15, 0.2) is 12.2 Å². The Balaban J connectivity index is 2.09. The van der Waals surface area contributed by atoms with E-state index >= 15 is 0 Å². The number of ether oxygens (including phenoxy) is 2. The van der Waals surface area contributed by atoms with Crippen LogP contribution in [0.2, 0.25) is 0 Å². The zero-order valence-corrected chi connectivity index (χ0v) is 15.7. The summed E-state index contributed by atoms with van der Waals surface area (Å²) in [6.07, 6.45) is -2.09. The summed E-state index contributed by atoms with van der Waals surface area (Å²) in [6.45, 7) is 13.0. The Morgan fingerprint density at radius 1 is 1.36 bits per heavy atom. The largest absolute Gasteiger partial charge is 0.458 e. The molecule has 25 heavy (non-hydrogen) atoms. The Kier molecular flexibility index (Phi) is 4.16. The molecule has 0 aromatic rings. The van der Waals surface area contributed by atoms with E-state index in [0.29, 0.717) is 12.0 Å². The molecule has 0 aromatic carbocycles. The summed E-state index contributed by atoms with van der Waals surface area (Å²) in [5, 5.41) is 31.0. The van der Waals surface area contributed by atoms with Crippen molar-refractivity contribution in [3.63, 3.8) is 0 Å². The van der Waals surface area contributed by atoms with Gasteiger partial charge in [-0.1, -0.05) is 41.2 Å². The lowest BCUT2D eigenvalue weighted by molar-refractivity contribution is -0.163. The number of hydrogen-bond acceptors (Lipinski definition) is 6. The van der Waals surface area contributed by atoms with Crippen molar-refractivity contribution >= 4 is 5.97 Å². The van der Waals surface area contributed by atoms with Crippen molar-refractivity contribution in [3.05, 3.63) is 12.2 Å². The zero-order chi connectivity index (χ0) is 18.9. The molecule has 6 heteroatoms. The van der Waals surface area contributed by atoms with Crippen LogP contribution in [0, 0.1) is 23.2 Å². The molecule has 142 valence electrons. The number of aliphatic hydroxyl groups excluding tert-OH is 3. The fourth-order valence-electron chi connectivity index (χ4n) is 5.25. The molecule has 6 nitrogen and oxygen atoms in total. The van der Waals surface area contributed by atoms with E-state index in [9.17, 15) is 20.1 Å². The van der Waals surface area contributed by atoms with Crippen LogP contribution in [0.4, 0.5) is 0 Å². The lowest BCUT2D eigenvalue weighted by Crippen LogP contribution is -2.60. The smallest absolute Gasteiger partial charge is 0.308 e. The summed E-state index contributed by atoms with van der Waals surface area (Å²) >= 11 is 0. The van der Waals surface area contributed by atoms with Crippen LogP contribution in [-0.2, 0) is 14.3 Å². The molecule has 0 unspecified atom stereocenters. The molecule has 3 rings (SSSR count). The topological polar surface area (TPSA) is 99.5 Å². The first-order valence-corrected chi connectivity index (χ1v) is 9.03. The number of aliphatic hydroxyl groups is 3. The van der Waals surface area contributed by atoms with Gasteiger partial charge in [-0.05, 0) is 17.9 Å². The highest BCUT2D eigenvalue weighted by molar-refractivity contribution is 5.72. The Bertz CT molecular complexity index is 599. The lowest BCUT2D eigenvalue weighted by atomic mass is 9.63. The Hall–Kier alpha value is -0.950. The lowest BCUT2D eigenvalue weighted by Gasteiger charge is -2.42. The molecule has 1 saturated heterocycles. The van der Waals surface area contributed by atoms with Crippen LogP contribution < -0.4 is 0 Å². The summed E-state index contributed by atoms with van der Waals surface area (Å²) in [5.41, 5.74) is -2.28. The van der Waals surface area contributed by atoms with Crippen LogP contribution in [0.3, 0.4) is 0 Å². The molecule has 1 heterocycles. The van der Waals surface area contributed by atoms with Gasteiger partial charge in [0.25, 0.3) is 0 Å². The van der Waals surface area contributed by atoms with Crippen LogP contribution in [-0.4, -0.2) is 57.4 Å². The molecule has 0 radical (unpaired) electrons. The van der Waals surface area contributed by atoms with Crippen LogP contribution >= 0.6 is 0 Å². The molecule has 1 aliphatic heterocycles. The van der Waals surface area contributed by atoms with Crippen LogP contribution in [0.25, 0.3) is 0 Å². The summed E-state index contributed by atoms with van der Waals surface area (Å²) in [4.78, 5) is 12.3. The van der Waals surface area contributed by atoms with E-state index in [0.717, 1.165) is 0 Å². The third-order valence-corrected chi connectivity index (χ3v) is 6.60. The quantitative estimate of drug-likeness (QED) is 0.396. The van der Waals surface area contributed by atoms with Gasteiger partial charge in [-0.15, -0.1) is 0 Å². The molecule has 3 N–H and O–H groups in total. The molecule has 0 amide bonds. The van der Waals surface area contributed by atoms with E-state index < -0.39 is 29.5 Å². The Morgan fingerprint density at radius 3 is 2.48 bits per heavy atom. The average molecular weight is 354 g/mol. The van der Waals surface area contributed by atoms with Crippen LogP contribution in [0.5, 0.6) is 0 Å². The maximum Gasteiger partial charge on any atom is 0.308 e. The van der Waals surface area contributed by atoms with Gasteiger partial charge >= 0.3 is 5.97 Å². The van der Waals surface area contributed by atoms with E-state index in [4.69, 9.17) is 9.47 Å². The third kappa shape index (κ3) is 2.14. The Morgan fingerprint density at radius 2 is 1.96 bits per heavy atom.